The molecule has 0 bridgehead atoms. The molecule has 1 fully saturated rings. The minimum absolute atomic E-state index is 0.0295. The molecule has 0 saturated carbocycles. The molecule has 7 nitrogen and oxygen atoms in total. The molecule has 0 radical (unpaired) electrons. The lowest BCUT2D eigenvalue weighted by Crippen LogP contribution is -2.50. The van der Waals surface area contributed by atoms with Crippen LogP contribution < -0.4 is 11.0 Å². The van der Waals surface area contributed by atoms with Crippen molar-refractivity contribution in [2.45, 2.75) is 5.92 Å². The number of phenols is 1. The van der Waals surface area contributed by atoms with E-state index in [4.69, 9.17) is 4.98 Å². The highest BCUT2D eigenvalue weighted by molar-refractivity contribution is 5.99. The maximum atomic E-state index is 13.3. The van der Waals surface area contributed by atoms with Gasteiger partial charge in [-0.3, -0.25) is 9.59 Å². The smallest absolute Gasteiger partial charge is 0.279 e. The Bertz CT molecular complexity index is 1450. The number of benzene rings is 3. The second kappa shape index (κ2) is 7.53. The van der Waals surface area contributed by atoms with Crippen molar-refractivity contribution in [1.29, 1.82) is 0 Å². The molecular weight excluding hydrogens is 404 g/mol. The fourth-order valence-electron chi connectivity index (χ4n) is 4.34. The van der Waals surface area contributed by atoms with Gasteiger partial charge < -0.3 is 15.4 Å². The lowest BCUT2D eigenvalue weighted by molar-refractivity contribution is -0.130. The topological polar surface area (TPSA) is 87.5 Å². The lowest BCUT2D eigenvalue weighted by atomic mass is 9.96. The van der Waals surface area contributed by atoms with Crippen LogP contribution in [0.3, 0.4) is 0 Å². The first-order chi connectivity index (χ1) is 15.5. The zero-order chi connectivity index (χ0) is 22.4. The van der Waals surface area contributed by atoms with Crippen molar-refractivity contribution in [2.24, 2.45) is 0 Å². The van der Waals surface area contributed by atoms with Gasteiger partial charge in [-0.05, 0) is 52.2 Å². The molecule has 1 saturated heterocycles. The van der Waals surface area contributed by atoms with E-state index in [1.165, 1.54) is 10.8 Å². The number of nitrogens with one attached hydrogen (secondary N) is 1. The molecule has 1 amide bonds. The van der Waals surface area contributed by atoms with Crippen molar-refractivity contribution in [3.8, 4) is 16.9 Å². The molecule has 160 valence electrons. The van der Waals surface area contributed by atoms with Gasteiger partial charge in [-0.25, -0.2) is 9.66 Å². The maximum Gasteiger partial charge on any atom is 0.279 e. The van der Waals surface area contributed by atoms with Crippen LogP contribution in [0.1, 0.15) is 11.7 Å². The van der Waals surface area contributed by atoms with E-state index in [1.54, 1.807) is 24.1 Å². The SMILES string of the molecule is C=CC(=O)N1CC(c2nc3ccc(-c4cc(O)cc5ccccc45)cc3c(=O)n2NC)C1. The number of aromatic hydroxyl groups is 1. The molecule has 1 aliphatic rings. The molecule has 1 aromatic heterocycles. The zero-order valence-corrected chi connectivity index (χ0v) is 17.6. The molecule has 0 spiro atoms. The van der Waals surface area contributed by atoms with Crippen LogP contribution in [-0.4, -0.2) is 45.7 Å². The molecule has 4 aromatic rings. The Labute approximate surface area is 184 Å². The van der Waals surface area contributed by atoms with Crippen LogP contribution in [0.4, 0.5) is 0 Å². The van der Waals surface area contributed by atoms with Gasteiger partial charge in [0.2, 0.25) is 5.91 Å². The molecular formula is C25H22N4O3. The first kappa shape index (κ1) is 19.8. The Balaban J connectivity index is 1.62. The molecule has 0 aliphatic carbocycles. The highest BCUT2D eigenvalue weighted by Crippen LogP contribution is 2.34. The van der Waals surface area contributed by atoms with Crippen LogP contribution >= 0.6 is 0 Å². The Hall–Kier alpha value is -4.13. The number of amides is 1. The second-order valence-corrected chi connectivity index (χ2v) is 7.92. The van der Waals surface area contributed by atoms with E-state index in [0.29, 0.717) is 29.8 Å². The third kappa shape index (κ3) is 3.10. The summed E-state index contributed by atoms with van der Waals surface area (Å²) in [6.45, 7) is 4.51. The minimum atomic E-state index is -0.202. The summed E-state index contributed by atoms with van der Waals surface area (Å²) in [7, 11) is 1.68. The average Bonchev–Trinajstić information content (AvgIpc) is 2.77. The number of hydrogen-bond acceptors (Lipinski definition) is 5. The number of carbonyl (C=O) groups is 1. The van der Waals surface area contributed by atoms with Gasteiger partial charge in [0.15, 0.2) is 0 Å². The summed E-state index contributed by atoms with van der Waals surface area (Å²) in [5.41, 5.74) is 5.00. The van der Waals surface area contributed by atoms with E-state index in [9.17, 15) is 14.7 Å². The van der Waals surface area contributed by atoms with Crippen molar-refractivity contribution in [3.63, 3.8) is 0 Å². The van der Waals surface area contributed by atoms with Crippen LogP contribution in [-0.2, 0) is 4.79 Å². The van der Waals surface area contributed by atoms with Crippen molar-refractivity contribution in [3.05, 3.63) is 83.4 Å². The summed E-state index contributed by atoms with van der Waals surface area (Å²) in [6.07, 6.45) is 1.29. The Morgan fingerprint density at radius 2 is 1.94 bits per heavy atom. The van der Waals surface area contributed by atoms with Gasteiger partial charge in [-0.1, -0.05) is 36.9 Å². The van der Waals surface area contributed by atoms with Crippen LogP contribution in [0, 0.1) is 0 Å². The maximum absolute atomic E-state index is 13.3. The molecule has 32 heavy (non-hydrogen) atoms. The summed E-state index contributed by atoms with van der Waals surface area (Å²) in [5, 5.41) is 12.6. The van der Waals surface area contributed by atoms with Gasteiger partial charge in [-0.15, -0.1) is 0 Å². The molecule has 5 rings (SSSR count). The van der Waals surface area contributed by atoms with Gasteiger partial charge in [-0.2, -0.15) is 0 Å². The summed E-state index contributed by atoms with van der Waals surface area (Å²) < 4.78 is 1.45. The number of aromatic nitrogens is 2. The number of fused-ring (bicyclic) bond motifs is 2. The van der Waals surface area contributed by atoms with Gasteiger partial charge in [0.1, 0.15) is 11.6 Å². The number of nitrogens with zero attached hydrogens (tertiary/aromatic N) is 3. The van der Waals surface area contributed by atoms with Crippen molar-refractivity contribution >= 4 is 27.6 Å². The molecule has 0 atom stereocenters. The van der Waals surface area contributed by atoms with Crippen molar-refractivity contribution in [1.82, 2.24) is 14.6 Å². The summed E-state index contributed by atoms with van der Waals surface area (Å²) in [5.74, 6) is 0.624. The normalized spacial score (nSPS) is 13.8. The Kier molecular flexibility index (Phi) is 4.66. The number of phenolic OH excluding ortho intramolecular Hbond substituents is 1. The number of rotatable bonds is 4. The van der Waals surface area contributed by atoms with Gasteiger partial charge in [0.05, 0.1) is 16.8 Å². The van der Waals surface area contributed by atoms with Crippen LogP contribution in [0.25, 0.3) is 32.8 Å². The molecule has 3 aromatic carbocycles. The minimum Gasteiger partial charge on any atom is -0.508 e. The van der Waals surface area contributed by atoms with E-state index in [2.05, 4.69) is 12.0 Å². The number of likely N-dealkylation sites (tertiary alicyclic amines) is 1. The largest absolute Gasteiger partial charge is 0.508 e. The van der Waals surface area contributed by atoms with E-state index in [0.717, 1.165) is 21.9 Å². The zero-order valence-electron chi connectivity index (χ0n) is 17.6. The highest BCUT2D eigenvalue weighted by atomic mass is 16.3. The molecule has 2 heterocycles. The van der Waals surface area contributed by atoms with E-state index in [-0.39, 0.29) is 23.1 Å². The van der Waals surface area contributed by atoms with E-state index in [1.807, 2.05) is 42.5 Å². The van der Waals surface area contributed by atoms with Crippen LogP contribution in [0.15, 0.2) is 72.0 Å². The fraction of sp³-hybridized carbons (Fsp3) is 0.160. The average molecular weight is 426 g/mol. The standard InChI is InChI=1S/C25H22N4O3/c1-3-23(31)28-13-17(14-28)24-27-22-9-8-16(11-21(22)25(32)29(24)26-2)20-12-18(30)10-15-6-4-5-7-19(15)20/h3-12,17,26,30H,1,13-14H2,2H3. The summed E-state index contributed by atoms with van der Waals surface area (Å²) >= 11 is 0. The first-order valence-electron chi connectivity index (χ1n) is 10.4. The van der Waals surface area contributed by atoms with E-state index < -0.39 is 0 Å². The second-order valence-electron chi connectivity index (χ2n) is 7.92. The number of carbonyl (C=O) groups excluding carboxylic acids is 1. The predicted molar refractivity (Wildman–Crippen MR) is 125 cm³/mol. The van der Waals surface area contributed by atoms with Crippen LogP contribution in [0.5, 0.6) is 5.75 Å². The lowest BCUT2D eigenvalue weighted by Gasteiger charge is -2.38. The van der Waals surface area contributed by atoms with Gasteiger partial charge in [0, 0.05) is 20.1 Å². The third-order valence-corrected chi connectivity index (χ3v) is 6.01. The molecule has 2 N–H and O–H groups in total. The number of hydrogen-bond donors (Lipinski definition) is 2. The van der Waals surface area contributed by atoms with Crippen molar-refractivity contribution < 1.29 is 9.90 Å². The highest BCUT2D eigenvalue weighted by Gasteiger charge is 2.34. The molecule has 0 unspecified atom stereocenters. The van der Waals surface area contributed by atoms with E-state index >= 15 is 0 Å². The summed E-state index contributed by atoms with van der Waals surface area (Å²) in [6, 6.07) is 16.8. The quantitative estimate of drug-likeness (QED) is 0.490. The molecule has 7 heteroatoms. The fourth-order valence-corrected chi connectivity index (χ4v) is 4.34. The molecule has 1 aliphatic heterocycles. The Morgan fingerprint density at radius 3 is 2.69 bits per heavy atom. The summed E-state index contributed by atoms with van der Waals surface area (Å²) in [4.78, 5) is 31.5. The third-order valence-electron chi connectivity index (χ3n) is 6.01. The van der Waals surface area contributed by atoms with Crippen LogP contribution in [0.2, 0.25) is 0 Å². The first-order valence-corrected chi connectivity index (χ1v) is 10.4. The van der Waals surface area contributed by atoms with Gasteiger partial charge in [0.25, 0.3) is 5.56 Å². The Morgan fingerprint density at radius 1 is 1.16 bits per heavy atom. The van der Waals surface area contributed by atoms with Gasteiger partial charge >= 0.3 is 0 Å². The monoisotopic (exact) mass is 426 g/mol. The van der Waals surface area contributed by atoms with Crippen molar-refractivity contribution in [2.75, 3.05) is 25.6 Å². The predicted octanol–water partition coefficient (Wildman–Crippen LogP) is 3.21.